The van der Waals surface area contributed by atoms with E-state index in [1.165, 1.54) is 16.8 Å². The molecule has 0 bridgehead atoms. The van der Waals surface area contributed by atoms with Crippen molar-refractivity contribution in [1.82, 2.24) is 4.90 Å². The highest BCUT2D eigenvalue weighted by molar-refractivity contribution is 5.48. The molecule has 1 aliphatic rings. The Balaban J connectivity index is 1.58. The van der Waals surface area contributed by atoms with Crippen molar-refractivity contribution in [2.24, 2.45) is 0 Å². The monoisotopic (exact) mass is 282 g/mol. The maximum atomic E-state index is 9.53. The van der Waals surface area contributed by atoms with E-state index in [-0.39, 0.29) is 0 Å². The summed E-state index contributed by atoms with van der Waals surface area (Å²) in [7, 11) is 0. The molecule has 3 heteroatoms. The number of hydrogen-bond acceptors (Lipinski definition) is 3. The summed E-state index contributed by atoms with van der Waals surface area (Å²) in [5, 5.41) is 9.53. The number of anilines is 1. The van der Waals surface area contributed by atoms with Crippen molar-refractivity contribution in [1.29, 1.82) is 0 Å². The third-order valence-electron chi connectivity index (χ3n) is 4.06. The Hall–Kier alpha value is -2.00. The van der Waals surface area contributed by atoms with Gasteiger partial charge in [0.05, 0.1) is 0 Å². The lowest BCUT2D eigenvalue weighted by atomic mass is 10.1. The summed E-state index contributed by atoms with van der Waals surface area (Å²) in [6.45, 7) is 7.29. The molecule has 3 rings (SSSR count). The highest BCUT2D eigenvalue weighted by Crippen LogP contribution is 2.19. The second kappa shape index (κ2) is 6.19. The summed E-state index contributed by atoms with van der Waals surface area (Å²) in [5.74, 6) is 0.353. The smallest absolute Gasteiger partial charge is 0.115 e. The molecule has 0 saturated carbocycles. The fraction of sp³-hybridized carbons (Fsp3) is 0.333. The Morgan fingerprint density at radius 1 is 0.952 bits per heavy atom. The van der Waals surface area contributed by atoms with Gasteiger partial charge in [-0.05, 0) is 42.3 Å². The van der Waals surface area contributed by atoms with E-state index in [1.807, 2.05) is 12.1 Å². The molecule has 0 aliphatic carbocycles. The summed E-state index contributed by atoms with van der Waals surface area (Å²) >= 11 is 0. The Morgan fingerprint density at radius 2 is 1.71 bits per heavy atom. The molecular formula is C18H22N2O. The Kier molecular flexibility index (Phi) is 4.11. The fourth-order valence-electron chi connectivity index (χ4n) is 2.90. The lowest BCUT2D eigenvalue weighted by Crippen LogP contribution is -2.45. The number of piperazine rings is 1. The summed E-state index contributed by atoms with van der Waals surface area (Å²) in [6, 6.07) is 16.3. The Labute approximate surface area is 126 Å². The van der Waals surface area contributed by atoms with Gasteiger partial charge in [-0.1, -0.05) is 24.3 Å². The summed E-state index contributed by atoms with van der Waals surface area (Å²) in [4.78, 5) is 4.90. The van der Waals surface area contributed by atoms with Crippen LogP contribution in [0, 0.1) is 6.92 Å². The predicted molar refractivity (Wildman–Crippen MR) is 86.8 cm³/mol. The van der Waals surface area contributed by atoms with E-state index in [9.17, 15) is 5.11 Å². The van der Waals surface area contributed by atoms with Gasteiger partial charge in [0.2, 0.25) is 0 Å². The molecule has 0 unspecified atom stereocenters. The van der Waals surface area contributed by atoms with Gasteiger partial charge < -0.3 is 10.0 Å². The first-order chi connectivity index (χ1) is 10.2. The minimum Gasteiger partial charge on any atom is -0.508 e. The van der Waals surface area contributed by atoms with E-state index in [4.69, 9.17) is 0 Å². The lowest BCUT2D eigenvalue weighted by molar-refractivity contribution is 0.249. The molecule has 1 heterocycles. The third kappa shape index (κ3) is 3.56. The zero-order chi connectivity index (χ0) is 14.7. The quantitative estimate of drug-likeness (QED) is 0.937. The molecule has 110 valence electrons. The molecule has 2 aromatic carbocycles. The van der Waals surface area contributed by atoms with Crippen molar-refractivity contribution in [2.45, 2.75) is 13.5 Å². The standard InChI is InChI=1S/C18H22N2O/c1-15-4-2-6-17(12-15)20-10-8-19(9-11-20)14-16-5-3-7-18(21)13-16/h2-7,12-13,21H,8-11,14H2,1H3. The molecule has 0 amide bonds. The molecule has 0 spiro atoms. The maximum absolute atomic E-state index is 9.53. The summed E-state index contributed by atoms with van der Waals surface area (Å²) in [6.07, 6.45) is 0. The van der Waals surface area contributed by atoms with Crippen LogP contribution in [0.1, 0.15) is 11.1 Å². The number of phenolic OH excluding ortho intramolecular Hbond substituents is 1. The minimum atomic E-state index is 0.353. The SMILES string of the molecule is Cc1cccc(N2CCN(Cc3cccc(O)c3)CC2)c1. The van der Waals surface area contributed by atoms with Crippen molar-refractivity contribution in [2.75, 3.05) is 31.1 Å². The average Bonchev–Trinajstić information content (AvgIpc) is 2.48. The van der Waals surface area contributed by atoms with Crippen LogP contribution in [0.4, 0.5) is 5.69 Å². The topological polar surface area (TPSA) is 26.7 Å². The van der Waals surface area contributed by atoms with Crippen LogP contribution in [-0.2, 0) is 6.54 Å². The van der Waals surface area contributed by atoms with Gasteiger partial charge in [-0.3, -0.25) is 4.90 Å². The normalized spacial score (nSPS) is 16.1. The number of hydrogen-bond donors (Lipinski definition) is 1. The molecule has 1 saturated heterocycles. The molecule has 3 nitrogen and oxygen atoms in total. The van der Waals surface area contributed by atoms with Gasteiger partial charge >= 0.3 is 0 Å². The maximum Gasteiger partial charge on any atom is 0.115 e. The molecular weight excluding hydrogens is 260 g/mol. The number of aromatic hydroxyl groups is 1. The van der Waals surface area contributed by atoms with E-state index < -0.39 is 0 Å². The average molecular weight is 282 g/mol. The van der Waals surface area contributed by atoms with Crippen molar-refractivity contribution in [3.05, 3.63) is 59.7 Å². The van der Waals surface area contributed by atoms with Crippen LogP contribution in [0.3, 0.4) is 0 Å². The van der Waals surface area contributed by atoms with Crippen LogP contribution in [0.25, 0.3) is 0 Å². The molecule has 21 heavy (non-hydrogen) atoms. The fourth-order valence-corrected chi connectivity index (χ4v) is 2.90. The molecule has 0 radical (unpaired) electrons. The van der Waals surface area contributed by atoms with Gasteiger partial charge in [0.15, 0.2) is 0 Å². The highest BCUT2D eigenvalue weighted by atomic mass is 16.3. The van der Waals surface area contributed by atoms with Gasteiger partial charge in [0.25, 0.3) is 0 Å². The number of aryl methyl sites for hydroxylation is 1. The molecule has 1 N–H and O–H groups in total. The van der Waals surface area contributed by atoms with Crippen LogP contribution >= 0.6 is 0 Å². The predicted octanol–water partition coefficient (Wildman–Crippen LogP) is 3.02. The van der Waals surface area contributed by atoms with Gasteiger partial charge in [-0.2, -0.15) is 0 Å². The Morgan fingerprint density at radius 3 is 2.43 bits per heavy atom. The molecule has 0 atom stereocenters. The number of phenols is 1. The second-order valence-electron chi connectivity index (χ2n) is 5.77. The molecule has 1 fully saturated rings. The van der Waals surface area contributed by atoms with E-state index in [2.05, 4.69) is 47.1 Å². The van der Waals surface area contributed by atoms with Crippen LogP contribution in [0.5, 0.6) is 5.75 Å². The van der Waals surface area contributed by atoms with Crippen LogP contribution < -0.4 is 4.90 Å². The van der Waals surface area contributed by atoms with Crippen molar-refractivity contribution < 1.29 is 5.11 Å². The second-order valence-corrected chi connectivity index (χ2v) is 5.77. The zero-order valence-electron chi connectivity index (χ0n) is 12.5. The van der Waals surface area contributed by atoms with Crippen molar-refractivity contribution in [3.8, 4) is 5.75 Å². The molecule has 0 aromatic heterocycles. The third-order valence-corrected chi connectivity index (χ3v) is 4.06. The largest absolute Gasteiger partial charge is 0.508 e. The summed E-state index contributed by atoms with van der Waals surface area (Å²) in [5.41, 5.74) is 3.82. The Bertz CT molecular complexity index is 604. The first kappa shape index (κ1) is 14.0. The number of nitrogens with zero attached hydrogens (tertiary/aromatic N) is 2. The number of rotatable bonds is 3. The van der Waals surface area contributed by atoms with Gasteiger partial charge in [-0.25, -0.2) is 0 Å². The van der Waals surface area contributed by atoms with E-state index in [0.717, 1.165) is 32.7 Å². The molecule has 1 aliphatic heterocycles. The van der Waals surface area contributed by atoms with Gasteiger partial charge in [0.1, 0.15) is 5.75 Å². The van der Waals surface area contributed by atoms with E-state index >= 15 is 0 Å². The van der Waals surface area contributed by atoms with Gasteiger partial charge in [-0.15, -0.1) is 0 Å². The lowest BCUT2D eigenvalue weighted by Gasteiger charge is -2.36. The van der Waals surface area contributed by atoms with E-state index in [1.54, 1.807) is 6.07 Å². The van der Waals surface area contributed by atoms with Crippen molar-refractivity contribution in [3.63, 3.8) is 0 Å². The first-order valence-electron chi connectivity index (χ1n) is 7.52. The van der Waals surface area contributed by atoms with Crippen molar-refractivity contribution >= 4 is 5.69 Å². The highest BCUT2D eigenvalue weighted by Gasteiger charge is 2.17. The first-order valence-corrected chi connectivity index (χ1v) is 7.52. The van der Waals surface area contributed by atoms with Crippen LogP contribution in [0.2, 0.25) is 0 Å². The summed E-state index contributed by atoms with van der Waals surface area (Å²) < 4.78 is 0. The van der Waals surface area contributed by atoms with Crippen LogP contribution in [0.15, 0.2) is 48.5 Å². The number of benzene rings is 2. The zero-order valence-corrected chi connectivity index (χ0v) is 12.5. The minimum absolute atomic E-state index is 0.353. The van der Waals surface area contributed by atoms with Gasteiger partial charge in [0, 0.05) is 38.4 Å². The van der Waals surface area contributed by atoms with E-state index in [0.29, 0.717) is 5.75 Å². The van der Waals surface area contributed by atoms with Crippen LogP contribution in [-0.4, -0.2) is 36.2 Å². The molecule has 2 aromatic rings.